The second kappa shape index (κ2) is 6.00. The molecular weight excluding hydrogens is 208 g/mol. The van der Waals surface area contributed by atoms with Gasteiger partial charge in [-0.15, -0.1) is 0 Å². The first-order chi connectivity index (χ1) is 8.40. The highest BCUT2D eigenvalue weighted by atomic mass is 16.1. The molecule has 0 unspecified atom stereocenters. The largest absolute Gasteiger partial charge is 0.303 e. The Morgan fingerprint density at radius 3 is 2.06 bits per heavy atom. The third-order valence-corrected chi connectivity index (χ3v) is 2.98. The van der Waals surface area contributed by atoms with Gasteiger partial charge in [0.15, 0.2) is 0 Å². The van der Waals surface area contributed by atoms with Gasteiger partial charge in [0.1, 0.15) is 6.29 Å². The van der Waals surface area contributed by atoms with E-state index in [4.69, 9.17) is 0 Å². The van der Waals surface area contributed by atoms with Crippen LogP contribution in [0.1, 0.15) is 23.5 Å². The molecule has 1 nitrogen and oxygen atoms in total. The maximum Gasteiger partial charge on any atom is 0.127 e. The van der Waals surface area contributed by atoms with Crippen molar-refractivity contribution in [2.24, 2.45) is 0 Å². The highest BCUT2D eigenvalue weighted by Crippen LogP contribution is 2.19. The minimum atomic E-state index is 0.0106. The Morgan fingerprint density at radius 1 is 0.882 bits per heavy atom. The number of hydrogen-bond donors (Lipinski definition) is 0. The van der Waals surface area contributed by atoms with Crippen molar-refractivity contribution in [2.75, 3.05) is 0 Å². The van der Waals surface area contributed by atoms with Crippen molar-refractivity contribution in [1.29, 1.82) is 0 Å². The second-order valence-corrected chi connectivity index (χ2v) is 4.18. The molecule has 2 aromatic rings. The van der Waals surface area contributed by atoms with Gasteiger partial charge in [-0.05, 0) is 24.0 Å². The molecular formula is C16H16O. The van der Waals surface area contributed by atoms with Gasteiger partial charge in [0.2, 0.25) is 0 Å². The van der Waals surface area contributed by atoms with Gasteiger partial charge in [0.25, 0.3) is 0 Å². The zero-order valence-electron chi connectivity index (χ0n) is 9.75. The molecule has 1 atom stereocenters. The first-order valence-electron chi connectivity index (χ1n) is 5.94. The summed E-state index contributed by atoms with van der Waals surface area (Å²) < 4.78 is 0. The summed E-state index contributed by atoms with van der Waals surface area (Å²) in [5.41, 5.74) is 2.40. The summed E-state index contributed by atoms with van der Waals surface area (Å²) >= 11 is 0. The molecule has 0 N–H and O–H groups in total. The van der Waals surface area contributed by atoms with E-state index >= 15 is 0 Å². The summed E-state index contributed by atoms with van der Waals surface area (Å²) in [5, 5.41) is 0. The van der Waals surface area contributed by atoms with Crippen molar-refractivity contribution in [3.8, 4) is 0 Å². The molecule has 0 bridgehead atoms. The highest BCUT2D eigenvalue weighted by Gasteiger charge is 2.09. The van der Waals surface area contributed by atoms with Gasteiger partial charge >= 0.3 is 0 Å². The maximum absolute atomic E-state index is 11.1. The van der Waals surface area contributed by atoms with Crippen molar-refractivity contribution in [3.05, 3.63) is 71.8 Å². The minimum Gasteiger partial charge on any atom is -0.303 e. The number of aldehydes is 1. The maximum atomic E-state index is 11.1. The lowest BCUT2D eigenvalue weighted by atomic mass is 9.94. The Kier molecular flexibility index (Phi) is 4.09. The van der Waals surface area contributed by atoms with Crippen molar-refractivity contribution >= 4 is 6.29 Å². The average Bonchev–Trinajstić information content (AvgIpc) is 2.42. The van der Waals surface area contributed by atoms with Crippen LogP contribution >= 0.6 is 0 Å². The van der Waals surface area contributed by atoms with Gasteiger partial charge in [0, 0.05) is 5.92 Å². The highest BCUT2D eigenvalue weighted by molar-refractivity contribution is 5.62. The smallest absolute Gasteiger partial charge is 0.127 e. The van der Waals surface area contributed by atoms with E-state index in [0.29, 0.717) is 0 Å². The Labute approximate surface area is 102 Å². The second-order valence-electron chi connectivity index (χ2n) is 4.18. The van der Waals surface area contributed by atoms with E-state index in [-0.39, 0.29) is 5.92 Å². The average molecular weight is 224 g/mol. The van der Waals surface area contributed by atoms with Crippen LogP contribution in [0.25, 0.3) is 0 Å². The molecule has 1 heteroatoms. The number of hydrogen-bond acceptors (Lipinski definition) is 1. The van der Waals surface area contributed by atoms with Gasteiger partial charge in [-0.1, -0.05) is 60.7 Å². The molecule has 0 aliphatic carbocycles. The first-order valence-corrected chi connectivity index (χ1v) is 5.94. The molecule has 17 heavy (non-hydrogen) atoms. The summed E-state index contributed by atoms with van der Waals surface area (Å²) in [6, 6.07) is 20.3. The van der Waals surface area contributed by atoms with Crippen molar-refractivity contribution in [2.45, 2.75) is 18.8 Å². The number of benzene rings is 2. The van der Waals surface area contributed by atoms with Crippen molar-refractivity contribution in [1.82, 2.24) is 0 Å². The molecule has 86 valence electrons. The lowest BCUT2D eigenvalue weighted by Gasteiger charge is -2.10. The Morgan fingerprint density at radius 2 is 1.47 bits per heavy atom. The van der Waals surface area contributed by atoms with Gasteiger partial charge in [0.05, 0.1) is 0 Å². The molecule has 0 aliphatic heterocycles. The fourth-order valence-electron chi connectivity index (χ4n) is 1.98. The number of rotatable bonds is 5. The molecule has 0 radical (unpaired) electrons. The number of aryl methyl sites for hydroxylation is 1. The van der Waals surface area contributed by atoms with Crippen LogP contribution in [0.3, 0.4) is 0 Å². The topological polar surface area (TPSA) is 17.1 Å². The first kappa shape index (κ1) is 11.6. The SMILES string of the molecule is O=C[C@H](CCc1ccccc1)c1ccccc1. The van der Waals surface area contributed by atoms with Gasteiger partial charge in [-0.3, -0.25) is 0 Å². The normalized spacial score (nSPS) is 12.0. The van der Waals surface area contributed by atoms with E-state index in [0.717, 1.165) is 24.7 Å². The third kappa shape index (κ3) is 3.28. The molecule has 0 aromatic heterocycles. The summed E-state index contributed by atoms with van der Waals surface area (Å²) in [4.78, 5) is 11.1. The fraction of sp³-hybridized carbons (Fsp3) is 0.188. The molecule has 0 aliphatic rings. The van der Waals surface area contributed by atoms with Crippen molar-refractivity contribution < 1.29 is 4.79 Å². The molecule has 0 fully saturated rings. The zero-order valence-corrected chi connectivity index (χ0v) is 9.75. The molecule has 2 aromatic carbocycles. The van der Waals surface area contributed by atoms with E-state index < -0.39 is 0 Å². The van der Waals surface area contributed by atoms with Gasteiger partial charge in [-0.2, -0.15) is 0 Å². The van der Waals surface area contributed by atoms with E-state index in [9.17, 15) is 4.79 Å². The van der Waals surface area contributed by atoms with Gasteiger partial charge in [-0.25, -0.2) is 0 Å². The van der Waals surface area contributed by atoms with Crippen LogP contribution in [0.2, 0.25) is 0 Å². The van der Waals surface area contributed by atoms with Crippen LogP contribution in [0.5, 0.6) is 0 Å². The summed E-state index contributed by atoms with van der Waals surface area (Å²) in [6.45, 7) is 0. The van der Waals surface area contributed by atoms with E-state index in [1.165, 1.54) is 5.56 Å². The van der Waals surface area contributed by atoms with Crippen LogP contribution in [0.4, 0.5) is 0 Å². The van der Waals surface area contributed by atoms with E-state index in [1.807, 2.05) is 48.5 Å². The van der Waals surface area contributed by atoms with Crippen LogP contribution < -0.4 is 0 Å². The molecule has 0 spiro atoms. The van der Waals surface area contributed by atoms with Crippen LogP contribution in [-0.2, 0) is 11.2 Å². The predicted octanol–water partition coefficient (Wildman–Crippen LogP) is 3.60. The standard InChI is InChI=1S/C16H16O/c17-13-16(15-9-5-2-6-10-15)12-11-14-7-3-1-4-8-14/h1-10,13,16H,11-12H2/t16-/m0/s1. The fourth-order valence-corrected chi connectivity index (χ4v) is 1.98. The Bertz CT molecular complexity index is 447. The number of carbonyl (C=O) groups excluding carboxylic acids is 1. The quantitative estimate of drug-likeness (QED) is 0.709. The minimum absolute atomic E-state index is 0.0106. The summed E-state index contributed by atoms with van der Waals surface area (Å²) in [7, 11) is 0. The van der Waals surface area contributed by atoms with Crippen LogP contribution in [0, 0.1) is 0 Å². The molecule has 0 saturated carbocycles. The third-order valence-electron chi connectivity index (χ3n) is 2.98. The number of carbonyl (C=O) groups is 1. The lowest BCUT2D eigenvalue weighted by molar-refractivity contribution is -0.109. The Hall–Kier alpha value is -1.89. The van der Waals surface area contributed by atoms with Crippen molar-refractivity contribution in [3.63, 3.8) is 0 Å². The molecule has 2 rings (SSSR count). The van der Waals surface area contributed by atoms with E-state index in [1.54, 1.807) is 0 Å². The van der Waals surface area contributed by atoms with Crippen LogP contribution in [-0.4, -0.2) is 6.29 Å². The van der Waals surface area contributed by atoms with Gasteiger partial charge < -0.3 is 4.79 Å². The summed E-state index contributed by atoms with van der Waals surface area (Å²) in [5.74, 6) is 0.0106. The van der Waals surface area contributed by atoms with E-state index in [2.05, 4.69) is 12.1 Å². The Balaban J connectivity index is 2.00. The molecule has 0 saturated heterocycles. The molecule has 0 heterocycles. The predicted molar refractivity (Wildman–Crippen MR) is 70.0 cm³/mol. The molecule has 0 amide bonds. The van der Waals surface area contributed by atoms with Crippen LogP contribution in [0.15, 0.2) is 60.7 Å². The summed E-state index contributed by atoms with van der Waals surface area (Å²) in [6.07, 6.45) is 2.87. The zero-order chi connectivity index (χ0) is 11.9. The monoisotopic (exact) mass is 224 g/mol. The lowest BCUT2D eigenvalue weighted by Crippen LogP contribution is -2.02.